The van der Waals surface area contributed by atoms with Crippen molar-refractivity contribution in [3.05, 3.63) is 70.5 Å². The second-order valence-corrected chi connectivity index (χ2v) is 7.24. The van der Waals surface area contributed by atoms with E-state index < -0.39 is 0 Å². The van der Waals surface area contributed by atoms with Crippen molar-refractivity contribution in [3.63, 3.8) is 0 Å². The standard InChI is InChI=1S/C24H33FN4O/c1-6-26-24(28-18(5)21-12-9-17(4)22(25)15-21)27-16-19-10-13-20(14-11-19)23(30)29(7-2)8-3/h9-15,18H,6-8,16H2,1-5H3,(H2,26,27,28). The molecule has 0 radical (unpaired) electrons. The van der Waals surface area contributed by atoms with Gasteiger partial charge in [0.1, 0.15) is 5.82 Å². The van der Waals surface area contributed by atoms with E-state index in [2.05, 4.69) is 15.6 Å². The van der Waals surface area contributed by atoms with E-state index in [1.807, 2.05) is 58.0 Å². The normalized spacial score (nSPS) is 12.4. The number of aliphatic imine (C=N–C) groups is 1. The molecule has 5 nitrogen and oxygen atoms in total. The van der Waals surface area contributed by atoms with Crippen molar-refractivity contribution in [1.82, 2.24) is 15.5 Å². The van der Waals surface area contributed by atoms with Gasteiger partial charge in [0.15, 0.2) is 5.96 Å². The Morgan fingerprint density at radius 2 is 1.77 bits per heavy atom. The van der Waals surface area contributed by atoms with Gasteiger partial charge < -0.3 is 15.5 Å². The Labute approximate surface area is 179 Å². The highest BCUT2D eigenvalue weighted by atomic mass is 19.1. The highest BCUT2D eigenvalue weighted by Gasteiger charge is 2.12. The summed E-state index contributed by atoms with van der Waals surface area (Å²) in [4.78, 5) is 18.9. The van der Waals surface area contributed by atoms with Crippen LogP contribution in [0.5, 0.6) is 0 Å². The van der Waals surface area contributed by atoms with Crippen LogP contribution in [0.3, 0.4) is 0 Å². The first-order valence-corrected chi connectivity index (χ1v) is 10.6. The lowest BCUT2D eigenvalue weighted by Gasteiger charge is -2.19. The second kappa shape index (κ2) is 11.3. The molecule has 6 heteroatoms. The van der Waals surface area contributed by atoms with E-state index in [1.165, 1.54) is 0 Å². The van der Waals surface area contributed by atoms with Crippen LogP contribution in [0.1, 0.15) is 60.8 Å². The first-order chi connectivity index (χ1) is 14.4. The average Bonchev–Trinajstić information content (AvgIpc) is 2.75. The van der Waals surface area contributed by atoms with Crippen molar-refractivity contribution in [3.8, 4) is 0 Å². The number of benzene rings is 2. The molecule has 0 saturated heterocycles. The van der Waals surface area contributed by atoms with Gasteiger partial charge in [-0.15, -0.1) is 0 Å². The largest absolute Gasteiger partial charge is 0.357 e. The summed E-state index contributed by atoms with van der Waals surface area (Å²) in [6.45, 7) is 12.3. The van der Waals surface area contributed by atoms with Crippen molar-refractivity contribution < 1.29 is 9.18 Å². The number of carbonyl (C=O) groups excluding carboxylic acids is 1. The molecule has 0 aromatic heterocycles. The second-order valence-electron chi connectivity index (χ2n) is 7.24. The zero-order chi connectivity index (χ0) is 22.1. The predicted molar refractivity (Wildman–Crippen MR) is 121 cm³/mol. The Morgan fingerprint density at radius 3 is 2.33 bits per heavy atom. The van der Waals surface area contributed by atoms with E-state index >= 15 is 0 Å². The minimum Gasteiger partial charge on any atom is -0.357 e. The van der Waals surface area contributed by atoms with Crippen molar-refractivity contribution in [1.29, 1.82) is 0 Å². The summed E-state index contributed by atoms with van der Waals surface area (Å²) in [6, 6.07) is 12.7. The Kier molecular flexibility index (Phi) is 8.84. The van der Waals surface area contributed by atoms with Crippen LogP contribution in [0.15, 0.2) is 47.5 Å². The molecule has 0 aliphatic rings. The van der Waals surface area contributed by atoms with E-state index in [0.717, 1.165) is 17.7 Å². The summed E-state index contributed by atoms with van der Waals surface area (Å²) in [5, 5.41) is 6.55. The number of nitrogens with one attached hydrogen (secondary N) is 2. The van der Waals surface area contributed by atoms with Gasteiger partial charge in [0, 0.05) is 25.2 Å². The number of carbonyl (C=O) groups is 1. The summed E-state index contributed by atoms with van der Waals surface area (Å²) in [5.41, 5.74) is 3.20. The van der Waals surface area contributed by atoms with Gasteiger partial charge in [-0.3, -0.25) is 4.79 Å². The van der Waals surface area contributed by atoms with Crippen molar-refractivity contribution in [2.45, 2.75) is 47.2 Å². The van der Waals surface area contributed by atoms with E-state index in [0.29, 0.717) is 36.7 Å². The number of hydrogen-bond acceptors (Lipinski definition) is 2. The third kappa shape index (κ3) is 6.31. The van der Waals surface area contributed by atoms with Gasteiger partial charge >= 0.3 is 0 Å². The predicted octanol–water partition coefficient (Wildman–Crippen LogP) is 4.43. The molecule has 1 atom stereocenters. The molecule has 0 aliphatic heterocycles. The lowest BCUT2D eigenvalue weighted by atomic mass is 10.1. The Bertz CT molecular complexity index is 860. The average molecular weight is 413 g/mol. The van der Waals surface area contributed by atoms with Gasteiger partial charge in [0.05, 0.1) is 12.6 Å². The Balaban J connectivity index is 2.06. The first-order valence-electron chi connectivity index (χ1n) is 10.6. The molecular weight excluding hydrogens is 379 g/mol. The molecule has 1 amide bonds. The molecule has 0 spiro atoms. The summed E-state index contributed by atoms with van der Waals surface area (Å²) in [7, 11) is 0. The maximum atomic E-state index is 13.9. The van der Waals surface area contributed by atoms with Crippen LogP contribution >= 0.6 is 0 Å². The van der Waals surface area contributed by atoms with Crippen LogP contribution in [0.4, 0.5) is 4.39 Å². The summed E-state index contributed by atoms with van der Waals surface area (Å²) < 4.78 is 13.9. The number of rotatable bonds is 8. The van der Waals surface area contributed by atoms with Crippen LogP contribution in [0.25, 0.3) is 0 Å². The molecule has 2 aromatic rings. The lowest BCUT2D eigenvalue weighted by molar-refractivity contribution is 0.0773. The monoisotopic (exact) mass is 412 g/mol. The highest BCUT2D eigenvalue weighted by Crippen LogP contribution is 2.16. The highest BCUT2D eigenvalue weighted by molar-refractivity contribution is 5.94. The summed E-state index contributed by atoms with van der Waals surface area (Å²) >= 11 is 0. The number of hydrogen-bond donors (Lipinski definition) is 2. The SMILES string of the molecule is CCNC(=NCc1ccc(C(=O)N(CC)CC)cc1)NC(C)c1ccc(C)c(F)c1. The fourth-order valence-electron chi connectivity index (χ4n) is 3.10. The molecule has 1 unspecified atom stereocenters. The van der Waals surface area contributed by atoms with Crippen molar-refractivity contribution in [2.24, 2.45) is 4.99 Å². The first kappa shape index (κ1) is 23.4. The summed E-state index contributed by atoms with van der Waals surface area (Å²) in [5.74, 6) is 0.501. The maximum Gasteiger partial charge on any atom is 0.253 e. The van der Waals surface area contributed by atoms with Crippen LogP contribution < -0.4 is 10.6 Å². The molecule has 0 heterocycles. The molecule has 0 aliphatic carbocycles. The van der Waals surface area contributed by atoms with Crippen molar-refractivity contribution >= 4 is 11.9 Å². The van der Waals surface area contributed by atoms with Gasteiger partial charge in [-0.05, 0) is 69.5 Å². The molecular formula is C24H33FN4O. The quantitative estimate of drug-likeness (QED) is 0.498. The molecule has 0 fully saturated rings. The fourth-order valence-corrected chi connectivity index (χ4v) is 3.10. The number of aryl methyl sites for hydroxylation is 1. The zero-order valence-corrected chi connectivity index (χ0v) is 18.6. The van der Waals surface area contributed by atoms with Crippen molar-refractivity contribution in [2.75, 3.05) is 19.6 Å². The van der Waals surface area contributed by atoms with Crippen LogP contribution in [0.2, 0.25) is 0 Å². The van der Waals surface area contributed by atoms with E-state index in [1.54, 1.807) is 24.0 Å². The Morgan fingerprint density at radius 1 is 1.10 bits per heavy atom. The van der Waals surface area contributed by atoms with Crippen LogP contribution in [-0.2, 0) is 6.54 Å². The Hall–Kier alpha value is -2.89. The molecule has 30 heavy (non-hydrogen) atoms. The number of halogens is 1. The van der Waals surface area contributed by atoms with Crippen LogP contribution in [0, 0.1) is 12.7 Å². The number of nitrogens with zero attached hydrogens (tertiary/aromatic N) is 2. The van der Waals surface area contributed by atoms with Crippen LogP contribution in [-0.4, -0.2) is 36.4 Å². The van der Waals surface area contributed by atoms with Gasteiger partial charge in [-0.1, -0.05) is 24.3 Å². The topological polar surface area (TPSA) is 56.7 Å². The third-order valence-electron chi connectivity index (χ3n) is 5.06. The number of amides is 1. The van der Waals surface area contributed by atoms with E-state index in [4.69, 9.17) is 0 Å². The van der Waals surface area contributed by atoms with Gasteiger partial charge in [0.2, 0.25) is 0 Å². The molecule has 2 aromatic carbocycles. The smallest absolute Gasteiger partial charge is 0.253 e. The molecule has 0 bridgehead atoms. The van der Waals surface area contributed by atoms with E-state index in [9.17, 15) is 9.18 Å². The zero-order valence-electron chi connectivity index (χ0n) is 18.6. The lowest BCUT2D eigenvalue weighted by Crippen LogP contribution is -2.38. The molecule has 0 saturated carbocycles. The minimum atomic E-state index is -0.206. The third-order valence-corrected chi connectivity index (χ3v) is 5.06. The summed E-state index contributed by atoms with van der Waals surface area (Å²) in [6.07, 6.45) is 0. The molecule has 2 N–H and O–H groups in total. The minimum absolute atomic E-state index is 0.0456. The van der Waals surface area contributed by atoms with E-state index in [-0.39, 0.29) is 17.8 Å². The molecule has 162 valence electrons. The fraction of sp³-hybridized carbons (Fsp3) is 0.417. The maximum absolute atomic E-state index is 13.9. The number of guanidine groups is 1. The van der Waals surface area contributed by atoms with Gasteiger partial charge in [-0.2, -0.15) is 0 Å². The molecule has 2 rings (SSSR count). The van der Waals surface area contributed by atoms with Gasteiger partial charge in [-0.25, -0.2) is 9.38 Å². The van der Waals surface area contributed by atoms with Gasteiger partial charge in [0.25, 0.3) is 5.91 Å².